The van der Waals surface area contributed by atoms with Gasteiger partial charge in [0.2, 0.25) is 0 Å². The molecule has 1 unspecified atom stereocenters. The molecule has 4 nitrogen and oxygen atoms in total. The van der Waals surface area contributed by atoms with Crippen LogP contribution >= 0.6 is 0 Å². The van der Waals surface area contributed by atoms with E-state index in [9.17, 15) is 4.79 Å². The Hall–Kier alpha value is -1.39. The molecule has 2 atom stereocenters. The topological polar surface area (TPSA) is 55.6 Å². The molecule has 2 N–H and O–H groups in total. The number of nitrogens with zero attached hydrogens (tertiary/aromatic N) is 1. The third-order valence-electron chi connectivity index (χ3n) is 3.50. The van der Waals surface area contributed by atoms with Crippen LogP contribution in [0.25, 0.3) is 0 Å². The molecule has 0 aliphatic carbocycles. The second-order valence-corrected chi connectivity index (χ2v) is 4.80. The first-order valence-electron chi connectivity index (χ1n) is 6.36. The van der Waals surface area contributed by atoms with Gasteiger partial charge in [0, 0.05) is 6.04 Å². The van der Waals surface area contributed by atoms with Gasteiger partial charge in [-0.15, -0.1) is 0 Å². The van der Waals surface area contributed by atoms with Gasteiger partial charge >= 0.3 is 5.97 Å². The van der Waals surface area contributed by atoms with Crippen LogP contribution in [0.5, 0.6) is 0 Å². The molecule has 4 heteroatoms. The summed E-state index contributed by atoms with van der Waals surface area (Å²) in [4.78, 5) is 14.1. The largest absolute Gasteiger partial charge is 0.463 e. The zero-order valence-electron chi connectivity index (χ0n) is 10.7. The maximum atomic E-state index is 11.8. The first-order chi connectivity index (χ1) is 8.68. The molecule has 0 saturated carbocycles. The minimum Gasteiger partial charge on any atom is -0.463 e. The maximum absolute atomic E-state index is 11.8. The van der Waals surface area contributed by atoms with E-state index in [4.69, 9.17) is 10.5 Å². The minimum atomic E-state index is -0.682. The molecule has 1 aromatic carbocycles. The third kappa shape index (κ3) is 3.09. The smallest absolute Gasteiger partial charge is 0.327 e. The Morgan fingerprint density at radius 1 is 1.50 bits per heavy atom. The highest BCUT2D eigenvalue weighted by molar-refractivity contribution is 5.77. The van der Waals surface area contributed by atoms with Gasteiger partial charge in [0.15, 0.2) is 0 Å². The second-order valence-electron chi connectivity index (χ2n) is 4.80. The maximum Gasteiger partial charge on any atom is 0.327 e. The summed E-state index contributed by atoms with van der Waals surface area (Å²) in [6.07, 6.45) is 2.26. The van der Waals surface area contributed by atoms with Crippen LogP contribution in [0.15, 0.2) is 30.3 Å². The van der Waals surface area contributed by atoms with Gasteiger partial charge in [-0.3, -0.25) is 0 Å². The van der Waals surface area contributed by atoms with E-state index < -0.39 is 6.04 Å². The number of nitrogens with two attached hydrogens (primary N) is 1. The Morgan fingerprint density at radius 3 is 2.83 bits per heavy atom. The number of ether oxygens (including phenoxy) is 1. The molecule has 0 bridgehead atoms. The van der Waals surface area contributed by atoms with Crippen molar-refractivity contribution >= 4 is 5.97 Å². The SMILES string of the molecule is CN1CCC[C@H]1COC(=O)C(N)c1ccccc1. The summed E-state index contributed by atoms with van der Waals surface area (Å²) in [6, 6.07) is 8.98. The Labute approximate surface area is 108 Å². The lowest BCUT2D eigenvalue weighted by atomic mass is 10.1. The lowest BCUT2D eigenvalue weighted by Gasteiger charge is -2.20. The molecule has 0 amide bonds. The van der Waals surface area contributed by atoms with Crippen LogP contribution in [0, 0.1) is 0 Å². The van der Waals surface area contributed by atoms with E-state index in [0.29, 0.717) is 12.6 Å². The van der Waals surface area contributed by atoms with Crippen LogP contribution in [-0.2, 0) is 9.53 Å². The number of likely N-dealkylation sites (tertiary alicyclic amines) is 1. The summed E-state index contributed by atoms with van der Waals surface area (Å²) in [5.41, 5.74) is 6.66. The second kappa shape index (κ2) is 5.98. The summed E-state index contributed by atoms with van der Waals surface area (Å²) in [5.74, 6) is -0.346. The third-order valence-corrected chi connectivity index (χ3v) is 3.50. The van der Waals surface area contributed by atoms with E-state index in [0.717, 1.165) is 18.5 Å². The lowest BCUT2D eigenvalue weighted by Crippen LogP contribution is -2.33. The van der Waals surface area contributed by atoms with Crippen LogP contribution in [0.4, 0.5) is 0 Å². The van der Waals surface area contributed by atoms with Gasteiger partial charge in [-0.05, 0) is 32.0 Å². The van der Waals surface area contributed by atoms with Crippen molar-refractivity contribution in [1.82, 2.24) is 4.90 Å². The number of benzene rings is 1. The summed E-state index contributed by atoms with van der Waals surface area (Å²) in [7, 11) is 2.06. The summed E-state index contributed by atoms with van der Waals surface area (Å²) < 4.78 is 5.31. The molecule has 1 fully saturated rings. The Kier molecular flexibility index (Phi) is 4.33. The van der Waals surface area contributed by atoms with Gasteiger partial charge in [-0.25, -0.2) is 4.79 Å². The van der Waals surface area contributed by atoms with Crippen molar-refractivity contribution in [3.63, 3.8) is 0 Å². The standard InChI is InChI=1S/C14H20N2O2/c1-16-9-5-8-12(16)10-18-14(17)13(15)11-6-3-2-4-7-11/h2-4,6-7,12-13H,5,8-10,15H2,1H3/t12-,13?/m0/s1. The Balaban J connectivity index is 1.84. The van der Waals surface area contributed by atoms with Crippen molar-refractivity contribution in [3.8, 4) is 0 Å². The van der Waals surface area contributed by atoms with Crippen molar-refractivity contribution in [2.45, 2.75) is 24.9 Å². The van der Waals surface area contributed by atoms with E-state index in [2.05, 4.69) is 11.9 Å². The van der Waals surface area contributed by atoms with Crippen molar-refractivity contribution in [1.29, 1.82) is 0 Å². The zero-order chi connectivity index (χ0) is 13.0. The van der Waals surface area contributed by atoms with E-state index in [1.807, 2.05) is 30.3 Å². The highest BCUT2D eigenvalue weighted by Crippen LogP contribution is 2.16. The van der Waals surface area contributed by atoms with Gasteiger partial charge in [0.1, 0.15) is 12.6 Å². The number of esters is 1. The van der Waals surface area contributed by atoms with Crippen LogP contribution < -0.4 is 5.73 Å². The Morgan fingerprint density at radius 2 is 2.22 bits per heavy atom. The lowest BCUT2D eigenvalue weighted by molar-refractivity contribution is -0.146. The van der Waals surface area contributed by atoms with Gasteiger partial charge in [-0.1, -0.05) is 30.3 Å². The van der Waals surface area contributed by atoms with E-state index in [1.54, 1.807) is 0 Å². The van der Waals surface area contributed by atoms with Gasteiger partial charge < -0.3 is 15.4 Å². The summed E-state index contributed by atoms with van der Waals surface area (Å²) in [6.45, 7) is 1.52. The quantitative estimate of drug-likeness (QED) is 0.817. The van der Waals surface area contributed by atoms with Crippen molar-refractivity contribution < 1.29 is 9.53 Å². The molecule has 18 heavy (non-hydrogen) atoms. The number of hydrogen-bond donors (Lipinski definition) is 1. The average Bonchev–Trinajstić information content (AvgIpc) is 2.81. The molecule has 0 aromatic heterocycles. The first-order valence-corrected chi connectivity index (χ1v) is 6.36. The zero-order valence-corrected chi connectivity index (χ0v) is 10.7. The van der Waals surface area contributed by atoms with Crippen molar-refractivity contribution in [3.05, 3.63) is 35.9 Å². The van der Waals surface area contributed by atoms with Crippen LogP contribution in [0.3, 0.4) is 0 Å². The molecule has 1 aliphatic heterocycles. The number of carbonyl (C=O) groups excluding carboxylic acids is 1. The normalized spacial score (nSPS) is 21.8. The molecule has 1 aromatic rings. The molecular formula is C14H20N2O2. The number of carbonyl (C=O) groups is 1. The highest BCUT2D eigenvalue weighted by Gasteiger charge is 2.24. The number of hydrogen-bond acceptors (Lipinski definition) is 4. The van der Waals surface area contributed by atoms with E-state index in [1.165, 1.54) is 6.42 Å². The molecular weight excluding hydrogens is 228 g/mol. The first kappa shape index (κ1) is 13.1. The Bertz CT molecular complexity index is 394. The molecule has 98 valence electrons. The van der Waals surface area contributed by atoms with Crippen LogP contribution in [-0.4, -0.2) is 37.1 Å². The van der Waals surface area contributed by atoms with Gasteiger partial charge in [-0.2, -0.15) is 0 Å². The summed E-state index contributed by atoms with van der Waals surface area (Å²) in [5, 5.41) is 0. The molecule has 1 aliphatic rings. The van der Waals surface area contributed by atoms with E-state index >= 15 is 0 Å². The summed E-state index contributed by atoms with van der Waals surface area (Å²) >= 11 is 0. The predicted octanol–water partition coefficient (Wildman–Crippen LogP) is 1.32. The molecule has 2 rings (SSSR count). The predicted molar refractivity (Wildman–Crippen MR) is 70.0 cm³/mol. The fraction of sp³-hybridized carbons (Fsp3) is 0.500. The monoisotopic (exact) mass is 248 g/mol. The van der Waals surface area contributed by atoms with Gasteiger partial charge in [0.05, 0.1) is 0 Å². The molecule has 0 spiro atoms. The van der Waals surface area contributed by atoms with Crippen LogP contribution in [0.1, 0.15) is 24.4 Å². The fourth-order valence-electron chi connectivity index (χ4n) is 2.25. The van der Waals surface area contributed by atoms with Crippen molar-refractivity contribution in [2.75, 3.05) is 20.2 Å². The molecule has 0 radical (unpaired) electrons. The number of rotatable bonds is 4. The molecule has 1 heterocycles. The van der Waals surface area contributed by atoms with Crippen LogP contribution in [0.2, 0.25) is 0 Å². The average molecular weight is 248 g/mol. The van der Waals surface area contributed by atoms with Crippen molar-refractivity contribution in [2.24, 2.45) is 5.73 Å². The van der Waals surface area contributed by atoms with Gasteiger partial charge in [0.25, 0.3) is 0 Å². The number of likely N-dealkylation sites (N-methyl/N-ethyl adjacent to an activating group) is 1. The minimum absolute atomic E-state index is 0.344. The molecule has 1 saturated heterocycles. The highest BCUT2D eigenvalue weighted by atomic mass is 16.5. The van der Waals surface area contributed by atoms with E-state index in [-0.39, 0.29) is 5.97 Å². The fourth-order valence-corrected chi connectivity index (χ4v) is 2.25.